The highest BCUT2D eigenvalue weighted by Gasteiger charge is 2.47. The molecular formula is C26H27NO3S. The number of carbonyl (C=O) groups excluding carboxylic acids is 3. The molecule has 2 aliphatic rings. The molecule has 1 saturated heterocycles. The summed E-state index contributed by atoms with van der Waals surface area (Å²) in [6, 6.07) is 7.67. The number of hydrogen-bond donors (Lipinski definition) is 0. The summed E-state index contributed by atoms with van der Waals surface area (Å²) in [4.78, 5) is 41.8. The average molecular weight is 434 g/mol. The molecule has 4 rings (SSSR count). The SMILES string of the molecule is CC#Cc1cc(C)c(C2C(=O)CC3(CCN(C(=O)c4cccs4)CC3)CC2=O)c(C)c1. The van der Waals surface area contributed by atoms with Gasteiger partial charge in [0.1, 0.15) is 17.5 Å². The fourth-order valence-electron chi connectivity index (χ4n) is 5.25. The minimum Gasteiger partial charge on any atom is -0.338 e. The second-order valence-corrected chi connectivity index (χ2v) is 9.84. The summed E-state index contributed by atoms with van der Waals surface area (Å²) >= 11 is 1.45. The molecule has 1 spiro atoms. The minimum absolute atomic E-state index is 0.0230. The Morgan fingerprint density at radius 3 is 2.23 bits per heavy atom. The average Bonchev–Trinajstić information content (AvgIpc) is 3.25. The van der Waals surface area contributed by atoms with E-state index in [0.29, 0.717) is 38.8 Å². The molecule has 31 heavy (non-hydrogen) atoms. The van der Waals surface area contributed by atoms with E-state index in [0.717, 1.165) is 27.1 Å². The first-order valence-corrected chi connectivity index (χ1v) is 11.6. The molecule has 1 aliphatic heterocycles. The highest BCUT2D eigenvalue weighted by Crippen LogP contribution is 2.46. The van der Waals surface area contributed by atoms with Crippen LogP contribution in [-0.4, -0.2) is 35.5 Å². The number of nitrogens with zero attached hydrogens (tertiary/aromatic N) is 1. The number of thiophene rings is 1. The molecule has 1 aromatic carbocycles. The number of benzene rings is 1. The molecule has 2 fully saturated rings. The van der Waals surface area contributed by atoms with Crippen LogP contribution in [0.25, 0.3) is 0 Å². The Hall–Kier alpha value is -2.71. The zero-order valence-electron chi connectivity index (χ0n) is 18.3. The maximum Gasteiger partial charge on any atom is 0.263 e. The third kappa shape index (κ3) is 4.09. The van der Waals surface area contributed by atoms with E-state index in [1.165, 1.54) is 11.3 Å². The van der Waals surface area contributed by atoms with Crippen molar-refractivity contribution in [3.8, 4) is 11.8 Å². The van der Waals surface area contributed by atoms with Gasteiger partial charge in [-0.1, -0.05) is 12.0 Å². The van der Waals surface area contributed by atoms with Crippen molar-refractivity contribution >= 4 is 28.8 Å². The molecule has 1 saturated carbocycles. The van der Waals surface area contributed by atoms with Crippen molar-refractivity contribution < 1.29 is 14.4 Å². The van der Waals surface area contributed by atoms with Gasteiger partial charge in [0, 0.05) is 31.5 Å². The van der Waals surface area contributed by atoms with Gasteiger partial charge in [-0.15, -0.1) is 17.3 Å². The Kier molecular flexibility index (Phi) is 5.85. The van der Waals surface area contributed by atoms with E-state index in [9.17, 15) is 14.4 Å². The van der Waals surface area contributed by atoms with Crippen LogP contribution in [0.2, 0.25) is 0 Å². The lowest BCUT2D eigenvalue weighted by atomic mass is 9.62. The molecule has 0 N–H and O–H groups in total. The zero-order valence-corrected chi connectivity index (χ0v) is 19.1. The first-order valence-electron chi connectivity index (χ1n) is 10.8. The van der Waals surface area contributed by atoms with Gasteiger partial charge in [-0.25, -0.2) is 0 Å². The van der Waals surface area contributed by atoms with E-state index in [4.69, 9.17) is 0 Å². The number of piperidine rings is 1. The molecule has 1 aromatic heterocycles. The summed E-state index contributed by atoms with van der Waals surface area (Å²) < 4.78 is 0. The highest BCUT2D eigenvalue weighted by atomic mass is 32.1. The van der Waals surface area contributed by atoms with Crippen molar-refractivity contribution in [1.82, 2.24) is 4.90 Å². The van der Waals surface area contributed by atoms with E-state index in [1.807, 2.05) is 48.4 Å². The van der Waals surface area contributed by atoms with E-state index in [-0.39, 0.29) is 22.9 Å². The van der Waals surface area contributed by atoms with Crippen molar-refractivity contribution in [2.24, 2.45) is 5.41 Å². The standard InChI is InChI=1S/C26H27NO3S/c1-4-6-19-13-17(2)23(18(3)14-19)24-20(28)15-26(16-21(24)29)8-10-27(11-9-26)25(30)22-7-5-12-31-22/h5,7,12-14,24H,8-11,15-16H2,1-3H3. The number of aryl methyl sites for hydroxylation is 2. The first-order chi connectivity index (χ1) is 14.8. The van der Waals surface area contributed by atoms with Gasteiger partial charge in [-0.05, 0) is 79.3 Å². The summed E-state index contributed by atoms with van der Waals surface area (Å²) in [7, 11) is 0. The predicted molar refractivity (Wildman–Crippen MR) is 122 cm³/mol. The molecule has 1 amide bonds. The Morgan fingerprint density at radius 2 is 1.71 bits per heavy atom. The predicted octanol–water partition coefficient (Wildman–Crippen LogP) is 4.67. The molecule has 2 aromatic rings. The molecule has 4 nitrogen and oxygen atoms in total. The molecule has 0 atom stereocenters. The van der Waals surface area contributed by atoms with Crippen LogP contribution in [0.3, 0.4) is 0 Å². The number of likely N-dealkylation sites (tertiary alicyclic amines) is 1. The lowest BCUT2D eigenvalue weighted by Crippen LogP contribution is -2.48. The fourth-order valence-corrected chi connectivity index (χ4v) is 5.94. The first kappa shape index (κ1) is 21.5. The van der Waals surface area contributed by atoms with Gasteiger partial charge in [0.25, 0.3) is 5.91 Å². The smallest absolute Gasteiger partial charge is 0.263 e. The monoisotopic (exact) mass is 433 g/mol. The molecule has 2 heterocycles. The number of Topliss-reactive ketones (excluding diaryl/α,β-unsaturated/α-hetero) is 2. The summed E-state index contributed by atoms with van der Waals surface area (Å²) in [6.45, 7) is 6.92. The Balaban J connectivity index is 1.50. The van der Waals surface area contributed by atoms with Gasteiger partial charge in [0.2, 0.25) is 0 Å². The Labute approximate surface area is 187 Å². The van der Waals surface area contributed by atoms with E-state index >= 15 is 0 Å². The normalized spacial score (nSPS) is 18.7. The van der Waals surface area contributed by atoms with E-state index in [1.54, 1.807) is 6.92 Å². The van der Waals surface area contributed by atoms with Crippen molar-refractivity contribution in [2.45, 2.75) is 52.4 Å². The zero-order chi connectivity index (χ0) is 22.2. The van der Waals surface area contributed by atoms with Gasteiger partial charge < -0.3 is 4.90 Å². The number of rotatable bonds is 2. The van der Waals surface area contributed by atoms with Crippen LogP contribution in [0.1, 0.15) is 70.5 Å². The van der Waals surface area contributed by atoms with Crippen molar-refractivity contribution in [2.75, 3.05) is 13.1 Å². The third-order valence-corrected chi connectivity index (χ3v) is 7.60. The van der Waals surface area contributed by atoms with Crippen molar-refractivity contribution in [3.63, 3.8) is 0 Å². The van der Waals surface area contributed by atoms with Gasteiger partial charge in [-0.3, -0.25) is 14.4 Å². The van der Waals surface area contributed by atoms with Crippen LogP contribution in [0.4, 0.5) is 0 Å². The van der Waals surface area contributed by atoms with Crippen LogP contribution >= 0.6 is 11.3 Å². The van der Waals surface area contributed by atoms with Gasteiger partial charge >= 0.3 is 0 Å². The molecule has 0 radical (unpaired) electrons. The quantitative estimate of drug-likeness (QED) is 0.511. The van der Waals surface area contributed by atoms with E-state index in [2.05, 4.69) is 11.8 Å². The van der Waals surface area contributed by atoms with Gasteiger partial charge in [0.05, 0.1) is 4.88 Å². The molecular weight excluding hydrogens is 406 g/mol. The number of ketones is 2. The van der Waals surface area contributed by atoms with Gasteiger partial charge in [0.15, 0.2) is 0 Å². The molecule has 0 unspecified atom stereocenters. The third-order valence-electron chi connectivity index (χ3n) is 6.74. The number of carbonyl (C=O) groups is 3. The fraction of sp³-hybridized carbons (Fsp3) is 0.423. The maximum absolute atomic E-state index is 13.3. The molecule has 160 valence electrons. The lowest BCUT2D eigenvalue weighted by molar-refractivity contribution is -0.138. The second-order valence-electron chi connectivity index (χ2n) is 8.89. The van der Waals surface area contributed by atoms with Crippen LogP contribution in [-0.2, 0) is 9.59 Å². The largest absolute Gasteiger partial charge is 0.338 e. The van der Waals surface area contributed by atoms with Crippen LogP contribution in [0, 0.1) is 31.1 Å². The van der Waals surface area contributed by atoms with E-state index < -0.39 is 5.92 Å². The Bertz CT molecular complexity index is 1050. The summed E-state index contributed by atoms with van der Waals surface area (Å²) in [5, 5.41) is 1.91. The number of amides is 1. The summed E-state index contributed by atoms with van der Waals surface area (Å²) in [6.07, 6.45) is 2.24. The molecule has 1 aliphatic carbocycles. The number of hydrogen-bond acceptors (Lipinski definition) is 4. The van der Waals surface area contributed by atoms with Crippen LogP contribution in [0.5, 0.6) is 0 Å². The van der Waals surface area contributed by atoms with Crippen molar-refractivity contribution in [1.29, 1.82) is 0 Å². The lowest BCUT2D eigenvalue weighted by Gasteiger charge is -2.44. The molecule has 0 bridgehead atoms. The summed E-state index contributed by atoms with van der Waals surface area (Å²) in [5.74, 6) is 5.40. The Morgan fingerprint density at radius 1 is 1.10 bits per heavy atom. The van der Waals surface area contributed by atoms with Crippen LogP contribution in [0.15, 0.2) is 29.6 Å². The van der Waals surface area contributed by atoms with Crippen LogP contribution < -0.4 is 0 Å². The molecule has 5 heteroatoms. The van der Waals surface area contributed by atoms with Gasteiger partial charge in [-0.2, -0.15) is 0 Å². The maximum atomic E-state index is 13.3. The topological polar surface area (TPSA) is 54.5 Å². The summed E-state index contributed by atoms with van der Waals surface area (Å²) in [5.41, 5.74) is 3.38. The minimum atomic E-state index is -0.667. The second kappa shape index (κ2) is 8.43. The highest BCUT2D eigenvalue weighted by molar-refractivity contribution is 7.12. The van der Waals surface area contributed by atoms with Crippen molar-refractivity contribution in [3.05, 3.63) is 56.8 Å².